The highest BCUT2D eigenvalue weighted by Crippen LogP contribution is 2.23. The Bertz CT molecular complexity index is 628. The topological polar surface area (TPSA) is 92.5 Å². The molecule has 3 N–H and O–H groups in total. The quantitative estimate of drug-likeness (QED) is 0.852. The molecule has 0 aliphatic carbocycles. The fourth-order valence-electron chi connectivity index (χ4n) is 2.46. The van der Waals surface area contributed by atoms with Gasteiger partial charge in [-0.2, -0.15) is 4.31 Å². The summed E-state index contributed by atoms with van der Waals surface area (Å²) in [6.07, 6.45) is 0.631. The van der Waals surface area contributed by atoms with Gasteiger partial charge in [-0.05, 0) is 31.0 Å². The summed E-state index contributed by atoms with van der Waals surface area (Å²) in [5.74, 6) is -0.141. The van der Waals surface area contributed by atoms with Crippen molar-refractivity contribution in [3.05, 3.63) is 29.8 Å². The highest BCUT2D eigenvalue weighted by molar-refractivity contribution is 7.89. The molecule has 2 rings (SSSR count). The average Bonchev–Trinajstić information content (AvgIpc) is 2.87. The molecule has 7 heteroatoms. The highest BCUT2D eigenvalue weighted by atomic mass is 32.2. The van der Waals surface area contributed by atoms with Gasteiger partial charge in [0.05, 0.1) is 4.90 Å². The van der Waals surface area contributed by atoms with Crippen molar-refractivity contribution in [1.82, 2.24) is 9.62 Å². The minimum atomic E-state index is -3.54. The van der Waals surface area contributed by atoms with Crippen molar-refractivity contribution >= 4 is 15.9 Å². The molecule has 116 valence electrons. The second kappa shape index (κ2) is 6.13. The van der Waals surface area contributed by atoms with E-state index in [0.717, 1.165) is 5.56 Å². The smallest absolute Gasteiger partial charge is 0.243 e. The van der Waals surface area contributed by atoms with Gasteiger partial charge in [0.25, 0.3) is 0 Å². The molecule has 2 atom stereocenters. The SMILES string of the molecule is CC(=O)NC1CCN(S(=O)(=O)c2cccc(C(C)N)c2)C1. The first-order chi connectivity index (χ1) is 9.80. The molecule has 0 bridgehead atoms. The number of sulfonamides is 1. The molecular formula is C14H21N3O3S. The van der Waals surface area contributed by atoms with Crippen LogP contribution in [0.15, 0.2) is 29.2 Å². The molecule has 1 heterocycles. The molecule has 2 unspecified atom stereocenters. The maximum absolute atomic E-state index is 12.6. The van der Waals surface area contributed by atoms with Crippen LogP contribution in [-0.2, 0) is 14.8 Å². The number of hydrogen-bond acceptors (Lipinski definition) is 4. The molecular weight excluding hydrogens is 290 g/mol. The van der Waals surface area contributed by atoms with Crippen LogP contribution in [0.25, 0.3) is 0 Å². The molecule has 0 radical (unpaired) electrons. The third-order valence-electron chi connectivity index (χ3n) is 3.58. The van der Waals surface area contributed by atoms with Gasteiger partial charge in [-0.15, -0.1) is 0 Å². The third kappa shape index (κ3) is 3.61. The summed E-state index contributed by atoms with van der Waals surface area (Å²) >= 11 is 0. The Labute approximate surface area is 125 Å². The van der Waals surface area contributed by atoms with Crippen molar-refractivity contribution in [2.24, 2.45) is 5.73 Å². The molecule has 0 saturated carbocycles. The van der Waals surface area contributed by atoms with Gasteiger partial charge in [0, 0.05) is 32.1 Å². The van der Waals surface area contributed by atoms with Crippen LogP contribution >= 0.6 is 0 Å². The Hall–Kier alpha value is -1.44. The van der Waals surface area contributed by atoms with Crippen molar-refractivity contribution < 1.29 is 13.2 Å². The number of nitrogens with zero attached hydrogens (tertiary/aromatic N) is 1. The summed E-state index contributed by atoms with van der Waals surface area (Å²) in [5, 5.41) is 2.76. The number of carbonyl (C=O) groups is 1. The van der Waals surface area contributed by atoms with Crippen LogP contribution in [0.5, 0.6) is 0 Å². The van der Waals surface area contributed by atoms with Gasteiger partial charge in [-0.25, -0.2) is 8.42 Å². The van der Waals surface area contributed by atoms with E-state index in [-0.39, 0.29) is 22.9 Å². The van der Waals surface area contributed by atoms with Gasteiger partial charge in [0.2, 0.25) is 15.9 Å². The van der Waals surface area contributed by atoms with E-state index < -0.39 is 10.0 Å². The Morgan fingerprint density at radius 3 is 2.81 bits per heavy atom. The number of amides is 1. The van der Waals surface area contributed by atoms with Crippen molar-refractivity contribution in [3.63, 3.8) is 0 Å². The summed E-state index contributed by atoms with van der Waals surface area (Å²) in [6, 6.07) is 6.37. The normalized spacial score (nSPS) is 21.2. The first-order valence-corrected chi connectivity index (χ1v) is 8.37. The first-order valence-electron chi connectivity index (χ1n) is 6.93. The zero-order chi connectivity index (χ0) is 15.6. The lowest BCUT2D eigenvalue weighted by Gasteiger charge is -2.18. The van der Waals surface area contributed by atoms with Gasteiger partial charge in [0.1, 0.15) is 0 Å². The monoisotopic (exact) mass is 311 g/mol. The average molecular weight is 311 g/mol. The Morgan fingerprint density at radius 2 is 2.19 bits per heavy atom. The number of nitrogens with two attached hydrogens (primary N) is 1. The molecule has 1 fully saturated rings. The van der Waals surface area contributed by atoms with Crippen molar-refractivity contribution in [2.75, 3.05) is 13.1 Å². The largest absolute Gasteiger partial charge is 0.352 e. The van der Waals surface area contributed by atoms with Crippen LogP contribution in [0.2, 0.25) is 0 Å². The molecule has 1 aromatic rings. The second-order valence-electron chi connectivity index (χ2n) is 5.41. The van der Waals surface area contributed by atoms with Crippen molar-refractivity contribution in [2.45, 2.75) is 37.2 Å². The maximum Gasteiger partial charge on any atom is 0.243 e. The highest BCUT2D eigenvalue weighted by Gasteiger charge is 2.32. The van der Waals surface area contributed by atoms with E-state index >= 15 is 0 Å². The van der Waals surface area contributed by atoms with Crippen LogP contribution in [0.4, 0.5) is 0 Å². The van der Waals surface area contributed by atoms with Gasteiger partial charge in [0.15, 0.2) is 0 Å². The molecule has 0 aromatic heterocycles. The zero-order valence-electron chi connectivity index (χ0n) is 12.2. The minimum Gasteiger partial charge on any atom is -0.352 e. The molecule has 0 spiro atoms. The zero-order valence-corrected chi connectivity index (χ0v) is 13.1. The summed E-state index contributed by atoms with van der Waals surface area (Å²) in [5.41, 5.74) is 6.59. The van der Waals surface area contributed by atoms with E-state index in [1.165, 1.54) is 11.2 Å². The van der Waals surface area contributed by atoms with Crippen LogP contribution in [0, 0.1) is 0 Å². The van der Waals surface area contributed by atoms with Gasteiger partial charge in [-0.3, -0.25) is 4.79 Å². The van der Waals surface area contributed by atoms with Gasteiger partial charge >= 0.3 is 0 Å². The molecule has 6 nitrogen and oxygen atoms in total. The second-order valence-corrected chi connectivity index (χ2v) is 7.35. The Kier molecular flexibility index (Phi) is 4.65. The number of carbonyl (C=O) groups excluding carboxylic acids is 1. The molecule has 1 aliphatic rings. The molecule has 1 saturated heterocycles. The van der Waals surface area contributed by atoms with E-state index in [4.69, 9.17) is 5.73 Å². The number of nitrogens with one attached hydrogen (secondary N) is 1. The predicted molar refractivity (Wildman–Crippen MR) is 80.0 cm³/mol. The van der Waals surface area contributed by atoms with Crippen LogP contribution in [-0.4, -0.2) is 37.8 Å². The molecule has 1 amide bonds. The standard InChI is InChI=1S/C14H21N3O3S/c1-10(15)12-4-3-5-14(8-12)21(19,20)17-7-6-13(9-17)16-11(2)18/h3-5,8,10,13H,6-7,9,15H2,1-2H3,(H,16,18). The van der Waals surface area contributed by atoms with E-state index in [1.807, 2.05) is 13.0 Å². The summed E-state index contributed by atoms with van der Waals surface area (Å²) in [7, 11) is -3.54. The number of rotatable bonds is 4. The van der Waals surface area contributed by atoms with E-state index in [2.05, 4.69) is 5.32 Å². The van der Waals surface area contributed by atoms with E-state index in [0.29, 0.717) is 19.5 Å². The first kappa shape index (κ1) is 15.9. The van der Waals surface area contributed by atoms with Crippen LogP contribution < -0.4 is 11.1 Å². The van der Waals surface area contributed by atoms with Gasteiger partial charge < -0.3 is 11.1 Å². The van der Waals surface area contributed by atoms with E-state index in [9.17, 15) is 13.2 Å². The van der Waals surface area contributed by atoms with Crippen LogP contribution in [0.3, 0.4) is 0 Å². The number of hydrogen-bond donors (Lipinski definition) is 2. The Morgan fingerprint density at radius 1 is 1.48 bits per heavy atom. The lowest BCUT2D eigenvalue weighted by Crippen LogP contribution is -2.37. The molecule has 21 heavy (non-hydrogen) atoms. The lowest BCUT2D eigenvalue weighted by atomic mass is 10.1. The third-order valence-corrected chi connectivity index (χ3v) is 5.44. The number of benzene rings is 1. The van der Waals surface area contributed by atoms with Gasteiger partial charge in [-0.1, -0.05) is 12.1 Å². The predicted octanol–water partition coefficient (Wildman–Crippen LogP) is 0.605. The Balaban J connectivity index is 2.19. The van der Waals surface area contributed by atoms with Crippen molar-refractivity contribution in [3.8, 4) is 0 Å². The summed E-state index contributed by atoms with van der Waals surface area (Å²) in [4.78, 5) is 11.3. The van der Waals surface area contributed by atoms with E-state index in [1.54, 1.807) is 18.2 Å². The lowest BCUT2D eigenvalue weighted by molar-refractivity contribution is -0.119. The molecule has 1 aliphatic heterocycles. The van der Waals surface area contributed by atoms with Crippen molar-refractivity contribution in [1.29, 1.82) is 0 Å². The molecule has 1 aromatic carbocycles. The minimum absolute atomic E-state index is 0.117. The summed E-state index contributed by atoms with van der Waals surface area (Å²) in [6.45, 7) is 3.97. The van der Waals surface area contributed by atoms with Crippen LogP contribution in [0.1, 0.15) is 31.9 Å². The maximum atomic E-state index is 12.6. The fraction of sp³-hybridized carbons (Fsp3) is 0.500. The summed E-state index contributed by atoms with van der Waals surface area (Å²) < 4.78 is 26.6. The fourth-order valence-corrected chi connectivity index (χ4v) is 4.01.